The summed E-state index contributed by atoms with van der Waals surface area (Å²) in [6, 6.07) is 0.513. The molecule has 2 rings (SSSR count). The van der Waals surface area contributed by atoms with Gasteiger partial charge in [-0.15, -0.1) is 0 Å². The smallest absolute Gasteiger partial charge is 0.203 e. The summed E-state index contributed by atoms with van der Waals surface area (Å²) in [6.07, 6.45) is 10.2. The van der Waals surface area contributed by atoms with E-state index in [2.05, 4.69) is 14.9 Å². The molecule has 1 saturated carbocycles. The molecule has 1 aliphatic carbocycles. The van der Waals surface area contributed by atoms with Crippen LogP contribution in [0.3, 0.4) is 0 Å². The minimum Gasteiger partial charge on any atom is -0.353 e. The molecule has 114 valence electrons. The molecule has 0 spiro atoms. The highest BCUT2D eigenvalue weighted by molar-refractivity contribution is 7.90. The highest BCUT2D eigenvalue weighted by Crippen LogP contribution is 2.21. The van der Waals surface area contributed by atoms with Crippen molar-refractivity contribution in [1.82, 2.24) is 9.55 Å². The first-order chi connectivity index (χ1) is 9.44. The van der Waals surface area contributed by atoms with Crippen molar-refractivity contribution >= 4 is 15.8 Å². The van der Waals surface area contributed by atoms with E-state index in [-0.39, 0.29) is 5.75 Å². The van der Waals surface area contributed by atoms with Crippen molar-refractivity contribution < 1.29 is 8.42 Å². The number of sulfone groups is 1. The Balaban J connectivity index is 1.94. The first-order valence-electron chi connectivity index (χ1n) is 7.42. The second-order valence-corrected chi connectivity index (χ2v) is 8.12. The van der Waals surface area contributed by atoms with E-state index in [1.54, 1.807) is 0 Å². The van der Waals surface area contributed by atoms with E-state index in [0.717, 1.165) is 11.6 Å². The quantitative estimate of drug-likeness (QED) is 0.876. The van der Waals surface area contributed by atoms with Crippen molar-refractivity contribution in [2.75, 3.05) is 17.3 Å². The molecule has 0 amide bonds. The molecule has 0 unspecified atom stereocenters. The van der Waals surface area contributed by atoms with Gasteiger partial charge in [-0.25, -0.2) is 13.4 Å². The van der Waals surface area contributed by atoms with Crippen LogP contribution in [0.1, 0.15) is 44.2 Å². The van der Waals surface area contributed by atoms with Gasteiger partial charge in [-0.05, 0) is 26.2 Å². The van der Waals surface area contributed by atoms with Gasteiger partial charge in [-0.2, -0.15) is 0 Å². The number of rotatable bonds is 6. The molecule has 1 aliphatic rings. The minimum atomic E-state index is -2.88. The Morgan fingerprint density at radius 3 is 2.70 bits per heavy atom. The Bertz CT molecular complexity index is 531. The van der Waals surface area contributed by atoms with E-state index in [0.29, 0.717) is 19.0 Å². The standard InChI is InChI=1S/C14H25N3O2S/c1-12-11-17(9-6-10-20(2,18)19)14(15-12)16-13-7-4-3-5-8-13/h11,13H,3-10H2,1-2H3,(H,15,16). The maximum Gasteiger partial charge on any atom is 0.203 e. The number of hydrogen-bond acceptors (Lipinski definition) is 4. The van der Waals surface area contributed by atoms with Gasteiger partial charge in [0.2, 0.25) is 5.95 Å². The molecule has 1 aromatic heterocycles. The number of hydrogen-bond donors (Lipinski definition) is 1. The maximum absolute atomic E-state index is 11.2. The van der Waals surface area contributed by atoms with E-state index in [1.165, 1.54) is 38.4 Å². The van der Waals surface area contributed by atoms with Gasteiger partial charge >= 0.3 is 0 Å². The van der Waals surface area contributed by atoms with Crippen LogP contribution in [0.25, 0.3) is 0 Å². The van der Waals surface area contributed by atoms with Crippen molar-refractivity contribution in [2.45, 2.75) is 58.0 Å². The molecule has 6 heteroatoms. The Hall–Kier alpha value is -1.04. The number of imidazole rings is 1. The van der Waals surface area contributed by atoms with Crippen molar-refractivity contribution in [2.24, 2.45) is 0 Å². The summed E-state index contributed by atoms with van der Waals surface area (Å²) in [6.45, 7) is 2.67. The lowest BCUT2D eigenvalue weighted by molar-refractivity contribution is 0.458. The summed E-state index contributed by atoms with van der Waals surface area (Å²) in [5, 5.41) is 3.52. The molecule has 1 aromatic rings. The lowest BCUT2D eigenvalue weighted by Crippen LogP contribution is -2.24. The third-order valence-corrected chi connectivity index (χ3v) is 4.78. The molecule has 20 heavy (non-hydrogen) atoms. The van der Waals surface area contributed by atoms with Crippen molar-refractivity contribution in [3.8, 4) is 0 Å². The lowest BCUT2D eigenvalue weighted by Gasteiger charge is -2.23. The second-order valence-electron chi connectivity index (χ2n) is 5.86. The summed E-state index contributed by atoms with van der Waals surface area (Å²) in [7, 11) is -2.88. The fraction of sp³-hybridized carbons (Fsp3) is 0.786. The Morgan fingerprint density at radius 1 is 1.35 bits per heavy atom. The number of nitrogens with one attached hydrogen (secondary N) is 1. The second kappa shape index (κ2) is 6.61. The molecular formula is C14H25N3O2S. The average Bonchev–Trinajstić information content (AvgIpc) is 2.69. The van der Waals surface area contributed by atoms with Crippen LogP contribution in [0, 0.1) is 6.92 Å². The van der Waals surface area contributed by atoms with Crippen LogP contribution in [0.5, 0.6) is 0 Å². The lowest BCUT2D eigenvalue weighted by atomic mass is 9.96. The third kappa shape index (κ3) is 4.81. The normalized spacial score (nSPS) is 17.3. The minimum absolute atomic E-state index is 0.229. The van der Waals surface area contributed by atoms with Crippen LogP contribution in [0.4, 0.5) is 5.95 Å². The molecule has 1 N–H and O–H groups in total. The average molecular weight is 299 g/mol. The number of nitrogens with zero attached hydrogens (tertiary/aromatic N) is 2. The van der Waals surface area contributed by atoms with E-state index >= 15 is 0 Å². The SMILES string of the molecule is Cc1cn(CCCS(C)(=O)=O)c(NC2CCCCC2)n1. The summed E-state index contributed by atoms with van der Waals surface area (Å²) in [4.78, 5) is 4.52. The van der Waals surface area contributed by atoms with Gasteiger partial charge in [0.1, 0.15) is 9.84 Å². The molecule has 0 bridgehead atoms. The van der Waals surface area contributed by atoms with Crippen LogP contribution >= 0.6 is 0 Å². The highest BCUT2D eigenvalue weighted by atomic mass is 32.2. The zero-order valence-electron chi connectivity index (χ0n) is 12.4. The molecule has 0 aliphatic heterocycles. The van der Waals surface area contributed by atoms with Gasteiger partial charge < -0.3 is 9.88 Å². The van der Waals surface area contributed by atoms with E-state index in [4.69, 9.17) is 0 Å². The molecule has 1 fully saturated rings. The first-order valence-corrected chi connectivity index (χ1v) is 9.48. The Morgan fingerprint density at radius 2 is 2.05 bits per heavy atom. The maximum atomic E-state index is 11.2. The van der Waals surface area contributed by atoms with Gasteiger partial charge in [0, 0.05) is 25.0 Å². The van der Waals surface area contributed by atoms with Gasteiger partial charge in [-0.1, -0.05) is 19.3 Å². The molecule has 0 saturated heterocycles. The van der Waals surface area contributed by atoms with Gasteiger partial charge in [0.25, 0.3) is 0 Å². The van der Waals surface area contributed by atoms with E-state index in [9.17, 15) is 8.42 Å². The topological polar surface area (TPSA) is 64.0 Å². The van der Waals surface area contributed by atoms with Crippen molar-refractivity contribution in [3.05, 3.63) is 11.9 Å². The van der Waals surface area contributed by atoms with Gasteiger partial charge in [0.15, 0.2) is 0 Å². The molecule has 0 radical (unpaired) electrons. The van der Waals surface area contributed by atoms with Crippen LogP contribution in [0.15, 0.2) is 6.20 Å². The molecule has 0 aromatic carbocycles. The molecule has 1 heterocycles. The van der Waals surface area contributed by atoms with Crippen LogP contribution in [-0.2, 0) is 16.4 Å². The van der Waals surface area contributed by atoms with Crippen molar-refractivity contribution in [3.63, 3.8) is 0 Å². The summed E-state index contributed by atoms with van der Waals surface area (Å²) < 4.78 is 24.4. The Kier molecular flexibility index (Phi) is 5.07. The fourth-order valence-electron chi connectivity index (χ4n) is 2.76. The molecule has 5 nitrogen and oxygen atoms in total. The highest BCUT2D eigenvalue weighted by Gasteiger charge is 2.16. The van der Waals surface area contributed by atoms with Gasteiger partial charge in [0.05, 0.1) is 11.4 Å². The summed E-state index contributed by atoms with van der Waals surface area (Å²) >= 11 is 0. The molecule has 0 atom stereocenters. The largest absolute Gasteiger partial charge is 0.353 e. The van der Waals surface area contributed by atoms with Crippen LogP contribution in [0.2, 0.25) is 0 Å². The first kappa shape index (κ1) is 15.4. The molecular weight excluding hydrogens is 274 g/mol. The van der Waals surface area contributed by atoms with Gasteiger partial charge in [-0.3, -0.25) is 0 Å². The van der Waals surface area contributed by atoms with Crippen LogP contribution in [-0.4, -0.2) is 36.0 Å². The fourth-order valence-corrected chi connectivity index (χ4v) is 3.41. The van der Waals surface area contributed by atoms with E-state index < -0.39 is 9.84 Å². The zero-order valence-corrected chi connectivity index (χ0v) is 13.2. The summed E-state index contributed by atoms with van der Waals surface area (Å²) in [5.41, 5.74) is 0.975. The summed E-state index contributed by atoms with van der Waals surface area (Å²) in [5.74, 6) is 1.12. The monoisotopic (exact) mass is 299 g/mol. The number of anilines is 1. The van der Waals surface area contributed by atoms with E-state index in [1.807, 2.05) is 13.1 Å². The number of aromatic nitrogens is 2. The Labute approximate surface area is 121 Å². The number of aryl methyl sites for hydroxylation is 2. The van der Waals surface area contributed by atoms with Crippen LogP contribution < -0.4 is 5.32 Å². The predicted molar refractivity (Wildman–Crippen MR) is 81.8 cm³/mol. The van der Waals surface area contributed by atoms with Crippen molar-refractivity contribution in [1.29, 1.82) is 0 Å². The predicted octanol–water partition coefficient (Wildman–Crippen LogP) is 2.37. The third-order valence-electron chi connectivity index (χ3n) is 3.75. The zero-order chi connectivity index (χ0) is 14.6.